The van der Waals surface area contributed by atoms with Crippen molar-refractivity contribution in [1.82, 2.24) is 10.2 Å². The summed E-state index contributed by atoms with van der Waals surface area (Å²) < 4.78 is 0. The SMILES string of the molecule is CCN(CC(=O)NC(C)C)CC(=O)N1CCSc2ccccc21. The van der Waals surface area contributed by atoms with E-state index in [1.54, 1.807) is 11.8 Å². The van der Waals surface area contributed by atoms with Gasteiger partial charge in [0.2, 0.25) is 11.8 Å². The van der Waals surface area contributed by atoms with Crippen LogP contribution >= 0.6 is 11.8 Å². The summed E-state index contributed by atoms with van der Waals surface area (Å²) in [5, 5.41) is 2.87. The van der Waals surface area contributed by atoms with Crippen LogP contribution in [-0.2, 0) is 9.59 Å². The lowest BCUT2D eigenvalue weighted by Gasteiger charge is -2.31. The number of carbonyl (C=O) groups excluding carboxylic acids is 2. The fraction of sp³-hybridized carbons (Fsp3) is 0.529. The Morgan fingerprint density at radius 1 is 1.30 bits per heavy atom. The van der Waals surface area contributed by atoms with E-state index in [1.165, 1.54) is 0 Å². The van der Waals surface area contributed by atoms with Crippen LogP contribution in [0.3, 0.4) is 0 Å². The number of nitrogens with one attached hydrogen (secondary N) is 1. The lowest BCUT2D eigenvalue weighted by molar-refractivity contribution is -0.124. The highest BCUT2D eigenvalue weighted by Crippen LogP contribution is 2.34. The second-order valence-electron chi connectivity index (χ2n) is 5.89. The van der Waals surface area contributed by atoms with Gasteiger partial charge in [-0.3, -0.25) is 14.5 Å². The highest BCUT2D eigenvalue weighted by Gasteiger charge is 2.24. The van der Waals surface area contributed by atoms with Crippen LogP contribution in [0.25, 0.3) is 0 Å². The number of para-hydroxylation sites is 1. The molecule has 0 atom stereocenters. The standard InChI is InChI=1S/C17H25N3O2S/c1-4-19(11-16(21)18-13(2)3)12-17(22)20-9-10-23-15-8-6-5-7-14(15)20/h5-8,13H,4,9-12H2,1-3H3,(H,18,21). The molecule has 1 N–H and O–H groups in total. The van der Waals surface area contributed by atoms with Gasteiger partial charge in [0.15, 0.2) is 0 Å². The smallest absolute Gasteiger partial charge is 0.241 e. The minimum atomic E-state index is -0.0377. The van der Waals surface area contributed by atoms with Gasteiger partial charge in [-0.1, -0.05) is 19.1 Å². The number of hydrogen-bond donors (Lipinski definition) is 1. The number of amides is 2. The van der Waals surface area contributed by atoms with Crippen molar-refractivity contribution in [3.8, 4) is 0 Å². The molecule has 0 aliphatic carbocycles. The van der Waals surface area contributed by atoms with Crippen LogP contribution in [0.1, 0.15) is 20.8 Å². The molecule has 1 aromatic carbocycles. The predicted molar refractivity (Wildman–Crippen MR) is 94.9 cm³/mol. The quantitative estimate of drug-likeness (QED) is 0.864. The van der Waals surface area contributed by atoms with Crippen LogP contribution in [0.2, 0.25) is 0 Å². The van der Waals surface area contributed by atoms with Crippen molar-refractivity contribution in [2.75, 3.05) is 36.8 Å². The maximum Gasteiger partial charge on any atom is 0.241 e. The maximum atomic E-state index is 12.7. The molecule has 23 heavy (non-hydrogen) atoms. The zero-order chi connectivity index (χ0) is 16.8. The number of thioether (sulfide) groups is 1. The predicted octanol–water partition coefficient (Wildman–Crippen LogP) is 1.97. The maximum absolute atomic E-state index is 12.7. The van der Waals surface area contributed by atoms with Gasteiger partial charge in [-0.15, -0.1) is 11.8 Å². The average molecular weight is 335 g/mol. The summed E-state index contributed by atoms with van der Waals surface area (Å²) in [4.78, 5) is 29.4. The molecule has 1 aliphatic heterocycles. The Morgan fingerprint density at radius 2 is 2.04 bits per heavy atom. The van der Waals surface area contributed by atoms with Gasteiger partial charge in [0.25, 0.3) is 0 Å². The number of fused-ring (bicyclic) bond motifs is 1. The van der Waals surface area contributed by atoms with E-state index in [0.717, 1.165) is 22.9 Å². The molecule has 0 bridgehead atoms. The first-order valence-electron chi connectivity index (χ1n) is 8.05. The first kappa shape index (κ1) is 17.8. The van der Waals surface area contributed by atoms with E-state index in [2.05, 4.69) is 5.32 Å². The van der Waals surface area contributed by atoms with Crippen molar-refractivity contribution in [1.29, 1.82) is 0 Å². The summed E-state index contributed by atoms with van der Waals surface area (Å²) in [5.74, 6) is 0.920. The van der Waals surface area contributed by atoms with E-state index < -0.39 is 0 Å². The lowest BCUT2D eigenvalue weighted by atomic mass is 10.2. The number of likely N-dealkylation sites (N-methyl/N-ethyl adjacent to an activating group) is 1. The van der Waals surface area contributed by atoms with E-state index in [9.17, 15) is 9.59 Å². The minimum absolute atomic E-state index is 0.0377. The van der Waals surface area contributed by atoms with Gasteiger partial charge in [-0.25, -0.2) is 0 Å². The third-order valence-corrected chi connectivity index (χ3v) is 4.70. The van der Waals surface area contributed by atoms with Crippen LogP contribution in [0.5, 0.6) is 0 Å². The number of anilines is 1. The van der Waals surface area contributed by atoms with Gasteiger partial charge in [0.05, 0.1) is 18.8 Å². The highest BCUT2D eigenvalue weighted by molar-refractivity contribution is 7.99. The van der Waals surface area contributed by atoms with E-state index in [0.29, 0.717) is 6.54 Å². The summed E-state index contributed by atoms with van der Waals surface area (Å²) in [5.41, 5.74) is 0.983. The summed E-state index contributed by atoms with van der Waals surface area (Å²) in [6.45, 7) is 7.74. The van der Waals surface area contributed by atoms with E-state index in [1.807, 2.05) is 54.8 Å². The molecule has 5 nitrogen and oxygen atoms in total. The van der Waals surface area contributed by atoms with Crippen LogP contribution < -0.4 is 10.2 Å². The van der Waals surface area contributed by atoms with Crippen LogP contribution in [-0.4, -0.2) is 54.7 Å². The van der Waals surface area contributed by atoms with Gasteiger partial charge < -0.3 is 10.2 Å². The Labute approximate surface area is 142 Å². The molecular weight excluding hydrogens is 310 g/mol. The Hall–Kier alpha value is -1.53. The molecule has 1 aliphatic rings. The van der Waals surface area contributed by atoms with Crippen molar-refractivity contribution in [3.63, 3.8) is 0 Å². The van der Waals surface area contributed by atoms with E-state index in [-0.39, 0.29) is 30.9 Å². The Kier molecular flexibility index (Phi) is 6.47. The molecule has 0 aromatic heterocycles. The zero-order valence-electron chi connectivity index (χ0n) is 14.0. The molecule has 0 spiro atoms. The van der Waals surface area contributed by atoms with E-state index in [4.69, 9.17) is 0 Å². The number of benzene rings is 1. The summed E-state index contributed by atoms with van der Waals surface area (Å²) in [6, 6.07) is 8.10. The van der Waals surface area contributed by atoms with Crippen molar-refractivity contribution in [2.24, 2.45) is 0 Å². The molecule has 2 rings (SSSR count). The summed E-state index contributed by atoms with van der Waals surface area (Å²) in [6.07, 6.45) is 0. The summed E-state index contributed by atoms with van der Waals surface area (Å²) >= 11 is 1.78. The average Bonchev–Trinajstić information content (AvgIpc) is 2.52. The normalized spacial score (nSPS) is 14.0. The Balaban J connectivity index is 1.99. The minimum Gasteiger partial charge on any atom is -0.353 e. The molecule has 1 aromatic rings. The second kappa shape index (κ2) is 8.36. The van der Waals surface area contributed by atoms with Gasteiger partial charge in [-0.2, -0.15) is 0 Å². The lowest BCUT2D eigenvalue weighted by Crippen LogP contribution is -2.46. The van der Waals surface area contributed by atoms with Crippen molar-refractivity contribution >= 4 is 29.3 Å². The van der Waals surface area contributed by atoms with Crippen molar-refractivity contribution in [3.05, 3.63) is 24.3 Å². The van der Waals surface area contributed by atoms with Gasteiger partial charge in [-0.05, 0) is 32.5 Å². The first-order valence-corrected chi connectivity index (χ1v) is 9.03. The molecular formula is C17H25N3O2S. The fourth-order valence-corrected chi connectivity index (χ4v) is 3.55. The van der Waals surface area contributed by atoms with Crippen molar-refractivity contribution < 1.29 is 9.59 Å². The Morgan fingerprint density at radius 3 is 2.74 bits per heavy atom. The number of rotatable bonds is 6. The molecule has 0 fully saturated rings. The molecule has 0 saturated heterocycles. The van der Waals surface area contributed by atoms with Gasteiger partial charge in [0, 0.05) is 23.2 Å². The Bertz CT molecular complexity index is 563. The number of hydrogen-bond acceptors (Lipinski definition) is 4. The van der Waals surface area contributed by atoms with Crippen molar-refractivity contribution in [2.45, 2.75) is 31.7 Å². The highest BCUT2D eigenvalue weighted by atomic mass is 32.2. The largest absolute Gasteiger partial charge is 0.353 e. The van der Waals surface area contributed by atoms with Crippen LogP contribution in [0, 0.1) is 0 Å². The number of carbonyl (C=O) groups is 2. The molecule has 126 valence electrons. The summed E-state index contributed by atoms with van der Waals surface area (Å²) in [7, 11) is 0. The molecule has 6 heteroatoms. The van der Waals surface area contributed by atoms with Gasteiger partial charge >= 0.3 is 0 Å². The molecule has 0 radical (unpaired) electrons. The number of nitrogens with zero attached hydrogens (tertiary/aromatic N) is 2. The van der Waals surface area contributed by atoms with Crippen LogP contribution in [0.4, 0.5) is 5.69 Å². The topological polar surface area (TPSA) is 52.7 Å². The zero-order valence-corrected chi connectivity index (χ0v) is 14.9. The molecule has 0 unspecified atom stereocenters. The molecule has 0 saturated carbocycles. The van der Waals surface area contributed by atoms with Crippen LogP contribution in [0.15, 0.2) is 29.2 Å². The van der Waals surface area contributed by atoms with Gasteiger partial charge in [0.1, 0.15) is 0 Å². The third kappa shape index (κ3) is 4.97. The second-order valence-corrected chi connectivity index (χ2v) is 7.02. The van der Waals surface area contributed by atoms with E-state index >= 15 is 0 Å². The fourth-order valence-electron chi connectivity index (χ4n) is 2.56. The molecule has 1 heterocycles. The third-order valence-electron chi connectivity index (χ3n) is 3.65. The first-order chi connectivity index (χ1) is 11.0. The monoisotopic (exact) mass is 335 g/mol. The molecule has 2 amide bonds.